The van der Waals surface area contributed by atoms with Gasteiger partial charge < -0.3 is 9.80 Å². The van der Waals surface area contributed by atoms with Crippen LogP contribution in [0.15, 0.2) is 24.3 Å². The number of benzene rings is 1. The second-order valence-electron chi connectivity index (χ2n) is 5.35. The van der Waals surface area contributed by atoms with Gasteiger partial charge in [-0.3, -0.25) is 4.79 Å². The predicted molar refractivity (Wildman–Crippen MR) is 77.4 cm³/mol. The van der Waals surface area contributed by atoms with E-state index in [0.717, 1.165) is 31.5 Å². The van der Waals surface area contributed by atoms with Crippen molar-refractivity contribution in [2.45, 2.75) is 13.8 Å². The number of hydrogen-bond acceptors (Lipinski definition) is 3. The van der Waals surface area contributed by atoms with Gasteiger partial charge in [-0.25, -0.2) is 0 Å². The molecule has 0 fully saturated rings. The second-order valence-corrected chi connectivity index (χ2v) is 5.35. The summed E-state index contributed by atoms with van der Waals surface area (Å²) in [5.74, 6) is 0.623. The number of carbonyl (C=O) groups excluding carboxylic acids is 1. The molecule has 0 radical (unpaired) electrons. The van der Waals surface area contributed by atoms with Gasteiger partial charge in [-0.05, 0) is 44.3 Å². The first-order chi connectivity index (χ1) is 8.52. The Kier molecular flexibility index (Phi) is 5.86. The number of nitrogens with zero attached hydrogens (tertiary/aromatic N) is 2. The monoisotopic (exact) mass is 248 g/mol. The van der Waals surface area contributed by atoms with Gasteiger partial charge in [0.15, 0.2) is 0 Å². The molecule has 0 aliphatic carbocycles. The van der Waals surface area contributed by atoms with E-state index in [1.165, 1.54) is 5.69 Å². The van der Waals surface area contributed by atoms with Crippen molar-refractivity contribution < 1.29 is 4.79 Å². The Hall–Kier alpha value is -1.35. The maximum absolute atomic E-state index is 10.7. The van der Waals surface area contributed by atoms with Gasteiger partial charge in [-0.2, -0.15) is 0 Å². The molecule has 0 saturated carbocycles. The van der Waals surface area contributed by atoms with Crippen LogP contribution in [0.2, 0.25) is 0 Å². The fourth-order valence-corrected chi connectivity index (χ4v) is 1.85. The van der Waals surface area contributed by atoms with Crippen LogP contribution in [0, 0.1) is 5.92 Å². The lowest BCUT2D eigenvalue weighted by Crippen LogP contribution is -2.34. The van der Waals surface area contributed by atoms with Crippen LogP contribution in [0.5, 0.6) is 0 Å². The van der Waals surface area contributed by atoms with Gasteiger partial charge in [0.25, 0.3) is 0 Å². The molecule has 3 nitrogen and oxygen atoms in total. The molecule has 3 heteroatoms. The fourth-order valence-electron chi connectivity index (χ4n) is 1.85. The van der Waals surface area contributed by atoms with Crippen molar-refractivity contribution >= 4 is 12.0 Å². The first kappa shape index (κ1) is 14.7. The molecule has 1 aromatic carbocycles. The van der Waals surface area contributed by atoms with Gasteiger partial charge >= 0.3 is 0 Å². The Balaban J connectivity index is 2.76. The van der Waals surface area contributed by atoms with E-state index in [-0.39, 0.29) is 0 Å². The lowest BCUT2D eigenvalue weighted by molar-refractivity contribution is 0.112. The molecule has 0 saturated heterocycles. The topological polar surface area (TPSA) is 23.6 Å². The number of likely N-dealkylation sites (N-methyl/N-ethyl adjacent to an activating group) is 1. The summed E-state index contributed by atoms with van der Waals surface area (Å²) in [6.45, 7) is 7.52. The smallest absolute Gasteiger partial charge is 0.150 e. The van der Waals surface area contributed by atoms with Crippen molar-refractivity contribution in [2.24, 2.45) is 5.92 Å². The van der Waals surface area contributed by atoms with E-state index in [1.54, 1.807) is 0 Å². The van der Waals surface area contributed by atoms with E-state index in [9.17, 15) is 4.79 Å². The fraction of sp³-hybridized carbons (Fsp3) is 0.533. The molecule has 0 N–H and O–H groups in total. The highest BCUT2D eigenvalue weighted by Gasteiger charge is 2.08. The van der Waals surface area contributed by atoms with Gasteiger partial charge in [-0.1, -0.05) is 13.8 Å². The Morgan fingerprint density at radius 3 is 2.17 bits per heavy atom. The average molecular weight is 248 g/mol. The third-order valence-electron chi connectivity index (χ3n) is 2.80. The van der Waals surface area contributed by atoms with Crippen LogP contribution >= 0.6 is 0 Å². The van der Waals surface area contributed by atoms with Gasteiger partial charge in [0.1, 0.15) is 6.29 Å². The molecule has 0 bridgehead atoms. The third kappa shape index (κ3) is 4.88. The summed E-state index contributed by atoms with van der Waals surface area (Å²) in [5, 5.41) is 0. The summed E-state index contributed by atoms with van der Waals surface area (Å²) in [6.07, 6.45) is 0.885. The number of carbonyl (C=O) groups is 1. The highest BCUT2D eigenvalue weighted by atomic mass is 16.1. The predicted octanol–water partition coefficient (Wildman–Crippen LogP) is 2.52. The zero-order valence-corrected chi connectivity index (χ0v) is 11.9. The molecule has 0 spiro atoms. The quantitative estimate of drug-likeness (QED) is 0.693. The molecule has 0 heterocycles. The first-order valence-corrected chi connectivity index (χ1v) is 6.48. The van der Waals surface area contributed by atoms with Crippen molar-refractivity contribution in [1.29, 1.82) is 0 Å². The minimum atomic E-state index is 0.623. The summed E-state index contributed by atoms with van der Waals surface area (Å²) in [6, 6.07) is 7.82. The maximum atomic E-state index is 10.7. The lowest BCUT2D eigenvalue weighted by Gasteiger charge is -2.28. The number of hydrogen-bond donors (Lipinski definition) is 0. The van der Waals surface area contributed by atoms with Crippen LogP contribution in [0.3, 0.4) is 0 Å². The third-order valence-corrected chi connectivity index (χ3v) is 2.80. The van der Waals surface area contributed by atoms with Crippen molar-refractivity contribution in [3.63, 3.8) is 0 Å². The standard InChI is InChI=1S/C15H24N2O/c1-13(2)11-17(10-9-16(3)4)15-7-5-14(12-18)6-8-15/h5-8,12-13H,9-11H2,1-4H3. The molecular weight excluding hydrogens is 224 g/mol. The van der Waals surface area contributed by atoms with Gasteiger partial charge in [0.05, 0.1) is 0 Å². The summed E-state index contributed by atoms with van der Waals surface area (Å²) in [7, 11) is 4.17. The molecule has 0 amide bonds. The van der Waals surface area contributed by atoms with Gasteiger partial charge in [0, 0.05) is 30.9 Å². The normalized spacial score (nSPS) is 11.0. The number of anilines is 1. The van der Waals surface area contributed by atoms with Crippen LogP contribution < -0.4 is 4.90 Å². The Bertz CT molecular complexity index is 357. The van der Waals surface area contributed by atoms with Crippen LogP contribution in [0.1, 0.15) is 24.2 Å². The van der Waals surface area contributed by atoms with Crippen molar-refractivity contribution in [3.05, 3.63) is 29.8 Å². The SMILES string of the molecule is CC(C)CN(CCN(C)C)c1ccc(C=O)cc1. The second kappa shape index (κ2) is 7.17. The molecular formula is C15H24N2O. The minimum absolute atomic E-state index is 0.623. The summed E-state index contributed by atoms with van der Waals surface area (Å²) < 4.78 is 0. The molecule has 1 rings (SSSR count). The van der Waals surface area contributed by atoms with Crippen LogP contribution in [-0.4, -0.2) is 44.9 Å². The van der Waals surface area contributed by atoms with E-state index in [0.29, 0.717) is 5.92 Å². The number of aldehydes is 1. The van der Waals surface area contributed by atoms with Gasteiger partial charge in [-0.15, -0.1) is 0 Å². The lowest BCUT2D eigenvalue weighted by atomic mass is 10.1. The average Bonchev–Trinajstić information content (AvgIpc) is 2.34. The zero-order chi connectivity index (χ0) is 13.5. The minimum Gasteiger partial charge on any atom is -0.370 e. The van der Waals surface area contributed by atoms with Crippen molar-refractivity contribution in [3.8, 4) is 0 Å². The molecule has 0 aromatic heterocycles. The van der Waals surface area contributed by atoms with E-state index >= 15 is 0 Å². The summed E-state index contributed by atoms with van der Waals surface area (Å²) in [5.41, 5.74) is 1.92. The first-order valence-electron chi connectivity index (χ1n) is 6.48. The van der Waals surface area contributed by atoms with E-state index < -0.39 is 0 Å². The maximum Gasteiger partial charge on any atom is 0.150 e. The van der Waals surface area contributed by atoms with Gasteiger partial charge in [0.2, 0.25) is 0 Å². The molecule has 0 atom stereocenters. The molecule has 0 aliphatic rings. The Morgan fingerprint density at radius 1 is 1.11 bits per heavy atom. The Labute approximate surface area is 110 Å². The highest BCUT2D eigenvalue weighted by molar-refractivity contribution is 5.75. The highest BCUT2D eigenvalue weighted by Crippen LogP contribution is 2.16. The van der Waals surface area contributed by atoms with Crippen LogP contribution in [-0.2, 0) is 0 Å². The van der Waals surface area contributed by atoms with E-state index in [4.69, 9.17) is 0 Å². The van der Waals surface area contributed by atoms with E-state index in [2.05, 4.69) is 37.7 Å². The summed E-state index contributed by atoms with van der Waals surface area (Å²) in [4.78, 5) is 15.2. The van der Waals surface area contributed by atoms with E-state index in [1.807, 2.05) is 24.3 Å². The number of rotatable bonds is 7. The van der Waals surface area contributed by atoms with Crippen molar-refractivity contribution in [1.82, 2.24) is 4.90 Å². The summed E-state index contributed by atoms with van der Waals surface area (Å²) >= 11 is 0. The molecule has 1 aromatic rings. The molecule has 0 aliphatic heterocycles. The molecule has 100 valence electrons. The molecule has 18 heavy (non-hydrogen) atoms. The molecule has 0 unspecified atom stereocenters. The van der Waals surface area contributed by atoms with Crippen LogP contribution in [0.4, 0.5) is 5.69 Å². The Morgan fingerprint density at radius 2 is 1.72 bits per heavy atom. The van der Waals surface area contributed by atoms with Crippen molar-refractivity contribution in [2.75, 3.05) is 38.6 Å². The largest absolute Gasteiger partial charge is 0.370 e. The van der Waals surface area contributed by atoms with Crippen LogP contribution in [0.25, 0.3) is 0 Å². The zero-order valence-electron chi connectivity index (χ0n) is 11.9.